The van der Waals surface area contributed by atoms with Crippen LogP contribution >= 0.6 is 0 Å². The van der Waals surface area contributed by atoms with Crippen molar-refractivity contribution >= 4 is 11.8 Å². The smallest absolute Gasteiger partial charge is 0.246 e. The average Bonchev–Trinajstić information content (AvgIpc) is 2.81. The van der Waals surface area contributed by atoms with Gasteiger partial charge >= 0.3 is 0 Å². The number of likely N-dealkylation sites (N-methyl/N-ethyl adjacent to an activating group) is 2. The summed E-state index contributed by atoms with van der Waals surface area (Å²) >= 11 is 0. The molecule has 2 rings (SSSR count). The molecule has 0 fully saturated rings. The van der Waals surface area contributed by atoms with Gasteiger partial charge in [-0.25, -0.2) is 0 Å². The van der Waals surface area contributed by atoms with Crippen LogP contribution in [0.4, 0.5) is 0 Å². The summed E-state index contributed by atoms with van der Waals surface area (Å²) < 4.78 is 0. The van der Waals surface area contributed by atoms with E-state index in [9.17, 15) is 9.59 Å². The van der Waals surface area contributed by atoms with Crippen LogP contribution in [0.3, 0.4) is 0 Å². The Hall–Kier alpha value is -2.44. The molecule has 1 atom stereocenters. The summed E-state index contributed by atoms with van der Waals surface area (Å²) in [7, 11) is 7.84. The van der Waals surface area contributed by atoms with Gasteiger partial charge in [0.15, 0.2) is 0 Å². The van der Waals surface area contributed by atoms with Crippen molar-refractivity contribution in [2.24, 2.45) is 0 Å². The summed E-state index contributed by atoms with van der Waals surface area (Å²) in [5.74, 6) is -0.156. The van der Waals surface area contributed by atoms with E-state index in [0.717, 1.165) is 18.5 Å². The van der Waals surface area contributed by atoms with Gasteiger partial charge in [-0.2, -0.15) is 0 Å². The zero-order valence-electron chi connectivity index (χ0n) is 17.4. The minimum atomic E-state index is -0.221. The topological polar surface area (TPSA) is 55.9 Å². The number of amides is 2. The zero-order chi connectivity index (χ0) is 20.5. The first-order chi connectivity index (χ1) is 13.4. The Morgan fingerprint density at radius 2 is 1.71 bits per heavy atom. The summed E-state index contributed by atoms with van der Waals surface area (Å²) in [6, 6.07) is 7.88. The first-order valence-corrected chi connectivity index (χ1v) is 9.66. The van der Waals surface area contributed by atoms with Crippen molar-refractivity contribution in [2.45, 2.75) is 12.5 Å². The molecular weight excluding hydrogens is 352 g/mol. The maximum Gasteiger partial charge on any atom is 0.246 e. The van der Waals surface area contributed by atoms with E-state index < -0.39 is 0 Å². The minimum Gasteiger partial charge on any atom is -0.344 e. The molecule has 0 aromatic heterocycles. The first-order valence-electron chi connectivity index (χ1n) is 9.66. The van der Waals surface area contributed by atoms with Gasteiger partial charge < -0.3 is 20.0 Å². The lowest BCUT2D eigenvalue weighted by Crippen LogP contribution is -2.39. The zero-order valence-corrected chi connectivity index (χ0v) is 17.4. The average molecular weight is 385 g/mol. The number of carbonyl (C=O) groups excluding carboxylic acids is 2. The molecule has 0 radical (unpaired) electrons. The molecule has 152 valence electrons. The Balaban J connectivity index is 2.12. The number of fused-ring (bicyclic) bond motifs is 1. The normalized spacial score (nSPS) is 17.4. The highest BCUT2D eigenvalue weighted by atomic mass is 16.2. The quantitative estimate of drug-likeness (QED) is 0.724. The fraction of sp³-hybridized carbons (Fsp3) is 0.455. The molecular formula is C22H32N4O2. The maximum atomic E-state index is 12.7. The van der Waals surface area contributed by atoms with Crippen molar-refractivity contribution in [1.82, 2.24) is 20.0 Å². The van der Waals surface area contributed by atoms with Crippen molar-refractivity contribution < 1.29 is 9.59 Å². The number of hydrogen-bond acceptors (Lipinski definition) is 4. The highest BCUT2D eigenvalue weighted by Crippen LogP contribution is 2.24. The van der Waals surface area contributed by atoms with Gasteiger partial charge in [-0.3, -0.25) is 9.59 Å². The SMILES string of the molecule is CN(C)C/C=C/C(=O)NC1CN(C(=O)/C=C/CN(C)C)CCc2ccccc21. The lowest BCUT2D eigenvalue weighted by Gasteiger charge is -2.25. The van der Waals surface area contributed by atoms with E-state index in [-0.39, 0.29) is 17.9 Å². The molecule has 1 N–H and O–H groups in total. The third kappa shape index (κ3) is 6.94. The number of nitrogens with zero attached hydrogens (tertiary/aromatic N) is 3. The van der Waals surface area contributed by atoms with Crippen molar-refractivity contribution in [3.05, 3.63) is 59.7 Å². The Bertz CT molecular complexity index is 725. The molecule has 0 spiro atoms. The van der Waals surface area contributed by atoms with Crippen LogP contribution in [-0.4, -0.2) is 80.9 Å². The van der Waals surface area contributed by atoms with E-state index in [1.807, 2.05) is 73.2 Å². The molecule has 0 bridgehead atoms. The second-order valence-electron chi connectivity index (χ2n) is 7.62. The lowest BCUT2D eigenvalue weighted by molar-refractivity contribution is -0.127. The molecule has 0 saturated carbocycles. The van der Waals surface area contributed by atoms with Crippen molar-refractivity contribution in [2.75, 3.05) is 54.4 Å². The van der Waals surface area contributed by atoms with Gasteiger partial charge in [0.25, 0.3) is 0 Å². The second kappa shape index (κ2) is 10.8. The fourth-order valence-corrected chi connectivity index (χ4v) is 3.15. The summed E-state index contributed by atoms with van der Waals surface area (Å²) in [6.07, 6.45) is 7.69. The predicted octanol–water partition coefficient (Wildman–Crippen LogP) is 1.46. The lowest BCUT2D eigenvalue weighted by atomic mass is 9.99. The van der Waals surface area contributed by atoms with Gasteiger partial charge in [0, 0.05) is 38.3 Å². The van der Waals surface area contributed by atoms with Crippen LogP contribution in [0.5, 0.6) is 0 Å². The molecule has 28 heavy (non-hydrogen) atoms. The highest BCUT2D eigenvalue weighted by molar-refractivity contribution is 5.89. The molecule has 6 nitrogen and oxygen atoms in total. The number of rotatable bonds is 7. The van der Waals surface area contributed by atoms with Crippen LogP contribution < -0.4 is 5.32 Å². The molecule has 0 saturated heterocycles. The standard InChI is InChI=1S/C22H32N4O2/c1-24(2)14-7-11-21(27)23-20-17-26(22(28)12-8-15-25(3)4)16-13-18-9-5-6-10-19(18)20/h5-12,20H,13-17H2,1-4H3,(H,23,27)/b11-7+,12-8+. The van der Waals surface area contributed by atoms with E-state index in [0.29, 0.717) is 19.6 Å². The van der Waals surface area contributed by atoms with E-state index in [1.165, 1.54) is 5.56 Å². The fourth-order valence-electron chi connectivity index (χ4n) is 3.15. The van der Waals surface area contributed by atoms with Crippen molar-refractivity contribution in [3.63, 3.8) is 0 Å². The monoisotopic (exact) mass is 384 g/mol. The van der Waals surface area contributed by atoms with E-state index in [1.54, 1.807) is 12.2 Å². The first kappa shape index (κ1) is 21.9. The molecule has 6 heteroatoms. The highest BCUT2D eigenvalue weighted by Gasteiger charge is 2.25. The Labute approximate surface area is 168 Å². The molecule has 1 aliphatic rings. The van der Waals surface area contributed by atoms with Crippen molar-refractivity contribution in [3.8, 4) is 0 Å². The van der Waals surface area contributed by atoms with Gasteiger partial charge in [0.1, 0.15) is 0 Å². The Morgan fingerprint density at radius 1 is 1.07 bits per heavy atom. The largest absolute Gasteiger partial charge is 0.344 e. The van der Waals surface area contributed by atoms with Gasteiger partial charge in [-0.1, -0.05) is 36.4 Å². The van der Waals surface area contributed by atoms with Gasteiger partial charge in [0.2, 0.25) is 11.8 Å². The molecule has 1 aliphatic heterocycles. The molecule has 1 aromatic carbocycles. The molecule has 1 heterocycles. The van der Waals surface area contributed by atoms with Crippen LogP contribution in [0.1, 0.15) is 17.2 Å². The molecule has 1 aromatic rings. The second-order valence-corrected chi connectivity index (χ2v) is 7.62. The van der Waals surface area contributed by atoms with Crippen LogP contribution in [0, 0.1) is 0 Å². The molecule has 2 amide bonds. The summed E-state index contributed by atoms with van der Waals surface area (Å²) in [4.78, 5) is 30.9. The van der Waals surface area contributed by atoms with Gasteiger partial charge in [-0.05, 0) is 45.7 Å². The number of carbonyl (C=O) groups is 2. The third-order valence-electron chi connectivity index (χ3n) is 4.58. The van der Waals surface area contributed by atoms with Gasteiger partial charge in [-0.15, -0.1) is 0 Å². The van der Waals surface area contributed by atoms with Crippen LogP contribution in [0.2, 0.25) is 0 Å². The number of benzene rings is 1. The van der Waals surface area contributed by atoms with E-state index in [4.69, 9.17) is 0 Å². The predicted molar refractivity (Wildman–Crippen MR) is 113 cm³/mol. The van der Waals surface area contributed by atoms with E-state index in [2.05, 4.69) is 11.4 Å². The number of nitrogens with one attached hydrogen (secondary N) is 1. The van der Waals surface area contributed by atoms with Gasteiger partial charge in [0.05, 0.1) is 6.04 Å². The van der Waals surface area contributed by atoms with E-state index >= 15 is 0 Å². The Morgan fingerprint density at radius 3 is 2.39 bits per heavy atom. The summed E-state index contributed by atoms with van der Waals surface area (Å²) in [5, 5.41) is 3.08. The van der Waals surface area contributed by atoms with Crippen LogP contribution in [0.15, 0.2) is 48.6 Å². The third-order valence-corrected chi connectivity index (χ3v) is 4.58. The maximum absolute atomic E-state index is 12.7. The summed E-state index contributed by atoms with van der Waals surface area (Å²) in [5.41, 5.74) is 2.27. The molecule has 1 unspecified atom stereocenters. The Kier molecular flexibility index (Phi) is 8.42. The summed E-state index contributed by atoms with van der Waals surface area (Å²) in [6.45, 7) is 2.53. The van der Waals surface area contributed by atoms with Crippen LogP contribution in [-0.2, 0) is 16.0 Å². The minimum absolute atomic E-state index is 0.0166. The number of hydrogen-bond donors (Lipinski definition) is 1. The van der Waals surface area contributed by atoms with Crippen molar-refractivity contribution in [1.29, 1.82) is 0 Å². The van der Waals surface area contributed by atoms with Crippen LogP contribution in [0.25, 0.3) is 0 Å². The molecule has 0 aliphatic carbocycles.